The zero-order chi connectivity index (χ0) is 52.2. The second-order valence-corrected chi connectivity index (χ2v) is 20.2. The van der Waals surface area contributed by atoms with Crippen molar-refractivity contribution in [3.8, 4) is 11.3 Å². The molecule has 3 aliphatic rings. The van der Waals surface area contributed by atoms with Crippen LogP contribution in [-0.2, 0) is 29.3 Å². The molecular formula is C52H71ClF2N12O7. The summed E-state index contributed by atoms with van der Waals surface area (Å²) in [6.07, 6.45) is 4.81. The Morgan fingerprint density at radius 3 is 2.27 bits per heavy atom. The number of β-amino-alcohol motifs (C(OH)–C–C–N with tert-alkyl or cyclic N) is 1. The van der Waals surface area contributed by atoms with Crippen LogP contribution in [0, 0.1) is 11.6 Å². The molecule has 0 radical (unpaired) electrons. The van der Waals surface area contributed by atoms with E-state index in [1.54, 1.807) is 47.8 Å². The van der Waals surface area contributed by atoms with Crippen molar-refractivity contribution in [3.05, 3.63) is 77.5 Å². The molecule has 3 saturated heterocycles. The summed E-state index contributed by atoms with van der Waals surface area (Å²) in [5, 5.41) is 28.8. The van der Waals surface area contributed by atoms with Crippen LogP contribution in [0.1, 0.15) is 65.2 Å². The first-order chi connectivity index (χ1) is 35.7. The van der Waals surface area contributed by atoms with E-state index in [0.29, 0.717) is 81.8 Å². The van der Waals surface area contributed by atoms with Crippen LogP contribution in [0.3, 0.4) is 0 Å². The third-order valence-corrected chi connectivity index (χ3v) is 13.8. The molecule has 0 unspecified atom stereocenters. The van der Waals surface area contributed by atoms with Gasteiger partial charge in [-0.25, -0.2) is 33.7 Å². The lowest BCUT2D eigenvalue weighted by Gasteiger charge is -2.36. The van der Waals surface area contributed by atoms with Gasteiger partial charge in [0.25, 0.3) is 0 Å². The van der Waals surface area contributed by atoms with Crippen LogP contribution < -0.4 is 20.4 Å². The maximum absolute atomic E-state index is 15.5. The number of aromatic nitrogens is 6. The maximum Gasteiger partial charge on any atom is 0.224 e. The number of likely N-dealkylation sites (tertiary alicyclic amines) is 1. The molecule has 0 bridgehead atoms. The summed E-state index contributed by atoms with van der Waals surface area (Å²) >= 11 is 6.54. The normalized spacial score (nSPS) is 18.9. The molecule has 3 aliphatic heterocycles. The summed E-state index contributed by atoms with van der Waals surface area (Å²) < 4.78 is 53.9. The van der Waals surface area contributed by atoms with Crippen LogP contribution >= 0.6 is 11.6 Å². The zero-order valence-corrected chi connectivity index (χ0v) is 43.7. The minimum atomic E-state index is -1.30. The van der Waals surface area contributed by atoms with Gasteiger partial charge in [0.15, 0.2) is 5.82 Å². The number of anilines is 4. The minimum absolute atomic E-state index is 0.119. The molecule has 3 aromatic heterocycles. The lowest BCUT2D eigenvalue weighted by atomic mass is 10.0. The van der Waals surface area contributed by atoms with Crippen molar-refractivity contribution >= 4 is 51.8 Å². The Hall–Kier alpha value is -5.39. The number of nitrogens with one attached hydrogen (secondary N) is 2. The standard InChI is InChI=1S/C52H71ClF2N12O7/c1-35(2)67-43-28-36(27-41(55)49(43)61-50(67)52(3,4)70)48-40(53)31-56-51(62-48)60-42-10-13-66(33-44(42)68)47(69)11-19-71-21-23-73-25-26-74-24-22-72-20-18-63-14-16-64(17-15-63)46-30-45(57-34-58-46)59-38-8-6-12-65(32-38)39-9-5-7-37(54)29-39/h5,7,9,27-31,34-35,38,42,44,68,70H,6,8,10-26,32-33H2,1-4H3,(H,56,60,62)(H,57,58,59)/t38-,42-,44-/m1/s1. The lowest BCUT2D eigenvalue weighted by molar-refractivity contribution is -0.135. The van der Waals surface area contributed by atoms with Gasteiger partial charge < -0.3 is 59.1 Å². The highest BCUT2D eigenvalue weighted by Gasteiger charge is 2.32. The van der Waals surface area contributed by atoms with E-state index >= 15 is 4.39 Å². The second-order valence-electron chi connectivity index (χ2n) is 19.8. The lowest BCUT2D eigenvalue weighted by Crippen LogP contribution is -2.52. The van der Waals surface area contributed by atoms with Gasteiger partial charge in [-0.1, -0.05) is 17.7 Å². The Morgan fingerprint density at radius 1 is 0.838 bits per heavy atom. The summed E-state index contributed by atoms with van der Waals surface area (Å²) in [6, 6.07) is 11.5. The highest BCUT2D eigenvalue weighted by Crippen LogP contribution is 2.35. The predicted octanol–water partition coefficient (Wildman–Crippen LogP) is 5.76. The molecule has 0 spiro atoms. The fourth-order valence-electron chi connectivity index (χ4n) is 9.66. The number of aliphatic hydroxyl groups excluding tert-OH is 1. The van der Waals surface area contributed by atoms with Crippen LogP contribution in [0.15, 0.2) is 55.0 Å². The van der Waals surface area contributed by atoms with Gasteiger partial charge in [0.1, 0.15) is 40.7 Å². The van der Waals surface area contributed by atoms with E-state index in [0.717, 1.165) is 76.0 Å². The van der Waals surface area contributed by atoms with Crippen molar-refractivity contribution in [1.29, 1.82) is 0 Å². The highest BCUT2D eigenvalue weighted by molar-refractivity contribution is 6.33. The number of hydrogen-bond donors (Lipinski definition) is 4. The van der Waals surface area contributed by atoms with E-state index in [2.05, 4.69) is 50.3 Å². The molecule has 3 fully saturated rings. The SMILES string of the molecule is CC(C)n1c(C(C)(C)O)nc2c(F)cc(-c3nc(N[C@@H]4CCN(C(=O)CCOCCOCCOCCOCCN5CCN(c6cc(N[C@@H]7CCCN(c8cccc(F)c8)C7)ncn6)CC5)C[C@H]4O)ncc3Cl)cc21. The summed E-state index contributed by atoms with van der Waals surface area (Å²) in [7, 11) is 0. The van der Waals surface area contributed by atoms with Crippen molar-refractivity contribution in [2.75, 3.05) is 132 Å². The highest BCUT2D eigenvalue weighted by atomic mass is 35.5. The number of piperidine rings is 2. The predicted molar refractivity (Wildman–Crippen MR) is 280 cm³/mol. The van der Waals surface area contributed by atoms with E-state index in [4.69, 9.17) is 30.5 Å². The molecule has 0 saturated carbocycles. The Labute approximate surface area is 436 Å². The smallest absolute Gasteiger partial charge is 0.224 e. The summed E-state index contributed by atoms with van der Waals surface area (Å²) in [6.45, 7) is 17.1. The molecule has 5 aromatic rings. The van der Waals surface area contributed by atoms with Gasteiger partial charge in [0, 0.05) is 88.3 Å². The molecule has 19 nitrogen and oxygen atoms in total. The molecule has 4 N–H and O–H groups in total. The minimum Gasteiger partial charge on any atom is -0.389 e. The fraction of sp³-hybridized carbons (Fsp3) is 0.577. The molecule has 8 rings (SSSR count). The quantitative estimate of drug-likeness (QED) is 0.0544. The number of benzene rings is 2. The van der Waals surface area contributed by atoms with Gasteiger partial charge in [-0.15, -0.1) is 0 Å². The number of imidazole rings is 1. The Balaban J connectivity index is 0.637. The summed E-state index contributed by atoms with van der Waals surface area (Å²) in [4.78, 5) is 43.9. The van der Waals surface area contributed by atoms with Crippen LogP contribution in [-0.4, -0.2) is 185 Å². The number of carbonyl (C=O) groups is 1. The first-order valence-electron chi connectivity index (χ1n) is 25.8. The first kappa shape index (κ1) is 54.9. The summed E-state index contributed by atoms with van der Waals surface area (Å²) in [5.74, 6) is 1.35. The van der Waals surface area contributed by atoms with Gasteiger partial charge in [0.05, 0.1) is 93.9 Å². The Morgan fingerprint density at radius 2 is 1.57 bits per heavy atom. The summed E-state index contributed by atoms with van der Waals surface area (Å²) in [5.41, 5.74) is 0.935. The van der Waals surface area contributed by atoms with Crippen molar-refractivity contribution in [3.63, 3.8) is 0 Å². The zero-order valence-electron chi connectivity index (χ0n) is 42.9. The van der Waals surface area contributed by atoms with Gasteiger partial charge in [0.2, 0.25) is 11.9 Å². The number of carbonyl (C=O) groups excluding carboxylic acids is 1. The largest absolute Gasteiger partial charge is 0.389 e. The molecule has 22 heteroatoms. The third kappa shape index (κ3) is 14.7. The monoisotopic (exact) mass is 1050 g/mol. The molecule has 1 amide bonds. The average molecular weight is 1050 g/mol. The van der Waals surface area contributed by atoms with Crippen molar-refractivity contribution in [1.82, 2.24) is 39.3 Å². The number of piperazine rings is 1. The van der Waals surface area contributed by atoms with E-state index in [1.807, 2.05) is 26.0 Å². The maximum atomic E-state index is 15.5. The molecule has 402 valence electrons. The fourth-order valence-corrected chi connectivity index (χ4v) is 9.86. The number of hydrogen-bond acceptors (Lipinski definition) is 17. The Bertz CT molecular complexity index is 2620. The van der Waals surface area contributed by atoms with E-state index in [1.165, 1.54) is 18.3 Å². The van der Waals surface area contributed by atoms with E-state index in [9.17, 15) is 19.4 Å². The molecule has 3 atom stereocenters. The molecular weight excluding hydrogens is 978 g/mol. The number of amides is 1. The van der Waals surface area contributed by atoms with Crippen molar-refractivity contribution in [2.45, 2.75) is 83.2 Å². The van der Waals surface area contributed by atoms with Gasteiger partial charge in [-0.05, 0) is 77.3 Å². The molecule has 0 aliphatic carbocycles. The topological polar surface area (TPSA) is 201 Å². The van der Waals surface area contributed by atoms with Crippen LogP contribution in [0.2, 0.25) is 5.02 Å². The number of aliphatic hydroxyl groups is 2. The van der Waals surface area contributed by atoms with Gasteiger partial charge >= 0.3 is 0 Å². The van der Waals surface area contributed by atoms with Gasteiger partial charge in [-0.3, -0.25) is 9.69 Å². The first-order valence-corrected chi connectivity index (χ1v) is 26.1. The molecule has 2 aromatic carbocycles. The molecule has 74 heavy (non-hydrogen) atoms. The van der Waals surface area contributed by atoms with Crippen LogP contribution in [0.4, 0.5) is 32.1 Å². The number of halogens is 3. The van der Waals surface area contributed by atoms with Crippen LogP contribution in [0.5, 0.6) is 0 Å². The second kappa shape index (κ2) is 25.9. The van der Waals surface area contributed by atoms with Gasteiger partial charge in [-0.2, -0.15) is 0 Å². The van der Waals surface area contributed by atoms with Crippen LogP contribution in [0.25, 0.3) is 22.3 Å². The van der Waals surface area contributed by atoms with Crippen molar-refractivity contribution in [2.24, 2.45) is 0 Å². The average Bonchev–Trinajstić information content (AvgIpc) is 3.80. The number of rotatable bonds is 24. The van der Waals surface area contributed by atoms with Crippen molar-refractivity contribution < 1.29 is 42.7 Å². The molecule has 6 heterocycles. The number of ether oxygens (including phenoxy) is 4. The Kier molecular flexibility index (Phi) is 19.2. The number of nitrogens with zero attached hydrogens (tertiary/aromatic N) is 10. The third-order valence-electron chi connectivity index (χ3n) is 13.5. The number of fused-ring (bicyclic) bond motifs is 1. The van der Waals surface area contributed by atoms with E-state index in [-0.39, 0.29) is 59.9 Å². The van der Waals surface area contributed by atoms with E-state index < -0.39 is 23.6 Å².